The highest BCUT2D eigenvalue weighted by atomic mass is 32.2. The summed E-state index contributed by atoms with van der Waals surface area (Å²) in [6.07, 6.45) is 0. The lowest BCUT2D eigenvalue weighted by atomic mass is 10.2. The monoisotopic (exact) mass is 517 g/mol. The molecule has 5 rings (SSSR count). The van der Waals surface area contributed by atoms with E-state index in [2.05, 4.69) is 22.0 Å². The fourth-order valence-electron chi connectivity index (χ4n) is 4.44. The number of sulfone groups is 1. The first-order valence-electron chi connectivity index (χ1n) is 12.5. The van der Waals surface area contributed by atoms with Gasteiger partial charge in [0.1, 0.15) is 5.75 Å². The third-order valence-corrected chi connectivity index (χ3v) is 8.15. The van der Waals surface area contributed by atoms with E-state index in [0.717, 1.165) is 30.9 Å². The number of aryl methyl sites for hydroxylation is 1. The molecule has 0 N–H and O–H groups in total. The second-order valence-electron chi connectivity index (χ2n) is 9.15. The minimum absolute atomic E-state index is 0.0447. The van der Waals surface area contributed by atoms with Crippen molar-refractivity contribution < 1.29 is 17.6 Å². The van der Waals surface area contributed by atoms with E-state index >= 15 is 0 Å². The average Bonchev–Trinajstić information content (AvgIpc) is 3.37. The van der Waals surface area contributed by atoms with Crippen molar-refractivity contribution in [1.82, 2.24) is 9.88 Å². The van der Waals surface area contributed by atoms with Crippen LogP contribution in [0.2, 0.25) is 0 Å². The van der Waals surface area contributed by atoms with Crippen LogP contribution in [0.25, 0.3) is 11.5 Å². The maximum absolute atomic E-state index is 13.7. The number of benzene rings is 3. The zero-order valence-electron chi connectivity index (χ0n) is 21.1. The Balaban J connectivity index is 1.45. The summed E-state index contributed by atoms with van der Waals surface area (Å²) in [5.74, 6) is 1.30. The van der Waals surface area contributed by atoms with Gasteiger partial charge in [-0.3, -0.25) is 4.90 Å². The van der Waals surface area contributed by atoms with E-state index in [1.54, 1.807) is 24.3 Å². The number of piperazine rings is 1. The van der Waals surface area contributed by atoms with Gasteiger partial charge in [0, 0.05) is 38.3 Å². The van der Waals surface area contributed by atoms with E-state index in [1.165, 1.54) is 5.56 Å². The lowest BCUT2D eigenvalue weighted by molar-refractivity contribution is 0.245. The summed E-state index contributed by atoms with van der Waals surface area (Å²) in [7, 11) is -3.89. The number of rotatable bonds is 8. The molecule has 0 spiro atoms. The Bertz CT molecular complexity index is 1430. The largest absolute Gasteiger partial charge is 0.494 e. The lowest BCUT2D eigenvalue weighted by Crippen LogP contribution is -2.46. The van der Waals surface area contributed by atoms with Crippen molar-refractivity contribution in [3.63, 3.8) is 0 Å². The molecule has 3 aromatic carbocycles. The molecule has 192 valence electrons. The van der Waals surface area contributed by atoms with Gasteiger partial charge in [0.15, 0.2) is 0 Å². The molecule has 1 aliphatic rings. The van der Waals surface area contributed by atoms with E-state index < -0.39 is 9.84 Å². The number of oxazole rings is 1. The van der Waals surface area contributed by atoms with Crippen molar-refractivity contribution in [3.8, 4) is 17.2 Å². The van der Waals surface area contributed by atoms with Gasteiger partial charge in [-0.15, -0.1) is 0 Å². The van der Waals surface area contributed by atoms with Crippen LogP contribution in [-0.2, 0) is 16.4 Å². The molecule has 0 aliphatic carbocycles. The van der Waals surface area contributed by atoms with E-state index in [9.17, 15) is 8.42 Å². The van der Waals surface area contributed by atoms with E-state index in [0.29, 0.717) is 31.1 Å². The van der Waals surface area contributed by atoms with Crippen LogP contribution in [-0.4, -0.2) is 51.1 Å². The van der Waals surface area contributed by atoms with E-state index in [4.69, 9.17) is 9.15 Å². The van der Waals surface area contributed by atoms with E-state index in [-0.39, 0.29) is 15.8 Å². The number of ether oxygens (including phenoxy) is 1. The molecule has 1 aromatic heterocycles. The lowest BCUT2D eigenvalue weighted by Gasteiger charge is -2.34. The van der Waals surface area contributed by atoms with Crippen LogP contribution >= 0.6 is 0 Å². The average molecular weight is 518 g/mol. The van der Waals surface area contributed by atoms with Crippen molar-refractivity contribution in [3.05, 3.63) is 90.0 Å². The van der Waals surface area contributed by atoms with Crippen LogP contribution in [0.5, 0.6) is 5.75 Å². The molecule has 0 radical (unpaired) electrons. The maximum atomic E-state index is 13.7. The first kappa shape index (κ1) is 25.0. The van der Waals surface area contributed by atoms with Crippen molar-refractivity contribution in [2.75, 3.05) is 37.7 Å². The molecule has 0 saturated carbocycles. The Labute approximate surface area is 218 Å². The SMILES string of the molecule is CCOc1ccc(-c2nc(S(=O)(=O)c3ccc(C)cc3)c(N3CCN(Cc4ccccc4)CC3)o2)cc1. The highest BCUT2D eigenvalue weighted by molar-refractivity contribution is 7.91. The summed E-state index contributed by atoms with van der Waals surface area (Å²) in [6, 6.07) is 24.5. The summed E-state index contributed by atoms with van der Waals surface area (Å²) in [5, 5.41) is -0.0447. The molecule has 1 fully saturated rings. The fraction of sp³-hybridized carbons (Fsp3) is 0.276. The smallest absolute Gasteiger partial charge is 0.236 e. The third-order valence-electron chi connectivity index (χ3n) is 6.49. The molecule has 7 nitrogen and oxygen atoms in total. The number of hydrogen-bond acceptors (Lipinski definition) is 7. The quantitative estimate of drug-likeness (QED) is 0.318. The second kappa shape index (κ2) is 10.8. The first-order chi connectivity index (χ1) is 17.9. The van der Waals surface area contributed by atoms with Crippen molar-refractivity contribution in [1.29, 1.82) is 0 Å². The Morgan fingerprint density at radius 3 is 2.22 bits per heavy atom. The summed E-state index contributed by atoms with van der Waals surface area (Å²) in [5.41, 5.74) is 2.94. The van der Waals surface area contributed by atoms with E-state index in [1.807, 2.05) is 61.2 Å². The molecule has 1 saturated heterocycles. The number of nitrogens with zero attached hydrogens (tertiary/aromatic N) is 3. The predicted molar refractivity (Wildman–Crippen MR) is 144 cm³/mol. The second-order valence-corrected chi connectivity index (χ2v) is 11.0. The Hall–Kier alpha value is -3.62. The van der Waals surface area contributed by atoms with Gasteiger partial charge in [-0.1, -0.05) is 48.0 Å². The van der Waals surface area contributed by atoms with Crippen LogP contribution in [0.4, 0.5) is 5.88 Å². The third kappa shape index (κ3) is 5.55. The standard InChI is InChI=1S/C29H31N3O4S/c1-3-35-25-13-11-24(12-14-25)27-30-28(37(33,34)26-15-9-22(2)10-16-26)29(36-27)32-19-17-31(18-20-32)21-23-7-5-4-6-8-23/h4-16H,3,17-21H2,1-2H3. The zero-order chi connectivity index (χ0) is 25.8. The molecular formula is C29H31N3O4S. The van der Waals surface area contributed by atoms with Gasteiger partial charge < -0.3 is 14.1 Å². The number of aromatic nitrogens is 1. The number of anilines is 1. The molecule has 37 heavy (non-hydrogen) atoms. The van der Waals surface area contributed by atoms with Crippen molar-refractivity contribution >= 4 is 15.7 Å². The van der Waals surface area contributed by atoms with Crippen LogP contribution in [0.3, 0.4) is 0 Å². The Morgan fingerprint density at radius 2 is 1.57 bits per heavy atom. The van der Waals surface area contributed by atoms with Gasteiger partial charge >= 0.3 is 0 Å². The molecule has 0 amide bonds. The zero-order valence-corrected chi connectivity index (χ0v) is 21.9. The Morgan fingerprint density at radius 1 is 0.892 bits per heavy atom. The molecule has 2 heterocycles. The molecular weight excluding hydrogens is 486 g/mol. The summed E-state index contributed by atoms with van der Waals surface area (Å²) in [6.45, 7) is 8.14. The molecule has 4 aromatic rings. The maximum Gasteiger partial charge on any atom is 0.236 e. The van der Waals surface area contributed by atoms with Gasteiger partial charge in [-0.05, 0) is 55.8 Å². The van der Waals surface area contributed by atoms with Crippen LogP contribution in [0, 0.1) is 6.92 Å². The minimum Gasteiger partial charge on any atom is -0.494 e. The van der Waals surface area contributed by atoms with Gasteiger partial charge in [-0.2, -0.15) is 4.98 Å². The van der Waals surface area contributed by atoms with Crippen molar-refractivity contribution in [2.45, 2.75) is 30.3 Å². The summed E-state index contributed by atoms with van der Waals surface area (Å²) < 4.78 is 39.2. The molecule has 0 bridgehead atoms. The highest BCUT2D eigenvalue weighted by Gasteiger charge is 2.33. The minimum atomic E-state index is -3.89. The molecule has 0 unspecified atom stereocenters. The van der Waals surface area contributed by atoms with Gasteiger partial charge in [0.25, 0.3) is 0 Å². The normalized spacial score (nSPS) is 14.6. The summed E-state index contributed by atoms with van der Waals surface area (Å²) >= 11 is 0. The molecule has 8 heteroatoms. The molecule has 1 aliphatic heterocycles. The van der Waals surface area contributed by atoms with Gasteiger partial charge in [0.2, 0.25) is 26.6 Å². The molecule has 0 atom stereocenters. The number of hydrogen-bond donors (Lipinski definition) is 0. The van der Waals surface area contributed by atoms with Crippen molar-refractivity contribution in [2.24, 2.45) is 0 Å². The summed E-state index contributed by atoms with van der Waals surface area (Å²) in [4.78, 5) is 9.10. The van der Waals surface area contributed by atoms with Crippen LogP contribution < -0.4 is 9.64 Å². The topological polar surface area (TPSA) is 75.9 Å². The van der Waals surface area contributed by atoms with Gasteiger partial charge in [-0.25, -0.2) is 8.42 Å². The van der Waals surface area contributed by atoms with Crippen LogP contribution in [0.15, 0.2) is 93.2 Å². The fourth-order valence-corrected chi connectivity index (χ4v) is 5.76. The highest BCUT2D eigenvalue weighted by Crippen LogP contribution is 2.35. The predicted octanol–water partition coefficient (Wildman–Crippen LogP) is 5.20. The Kier molecular flexibility index (Phi) is 7.30. The van der Waals surface area contributed by atoms with Gasteiger partial charge in [0.05, 0.1) is 11.5 Å². The van der Waals surface area contributed by atoms with Crippen LogP contribution in [0.1, 0.15) is 18.1 Å². The first-order valence-corrected chi connectivity index (χ1v) is 14.0.